The summed E-state index contributed by atoms with van der Waals surface area (Å²) in [5, 5.41) is 4.32. The maximum Gasteiger partial charge on any atom is 0.147 e. The van der Waals surface area contributed by atoms with Crippen molar-refractivity contribution in [3.05, 3.63) is 57.0 Å². The molecule has 0 atom stereocenters. The summed E-state index contributed by atoms with van der Waals surface area (Å²) in [5.41, 5.74) is 1.03. The number of hydrogen-bond donors (Lipinski definition) is 1. The molecule has 0 spiro atoms. The Kier molecular flexibility index (Phi) is 4.94. The zero-order chi connectivity index (χ0) is 13.8. The molecule has 0 fully saturated rings. The smallest absolute Gasteiger partial charge is 0.147 e. The standard InChI is InChI=1S/C14H12Cl3NO/c1-18-8-9-4-2-3-5-13(9)19-14-7-11(16)10(15)6-12(14)17/h2-7,18H,8H2,1H3. The molecule has 2 aromatic carbocycles. The Labute approximate surface area is 127 Å². The van der Waals surface area contributed by atoms with E-state index in [0.29, 0.717) is 27.4 Å². The maximum atomic E-state index is 6.10. The predicted octanol–water partition coefficient (Wildman–Crippen LogP) is 5.16. The molecule has 2 rings (SSSR count). The van der Waals surface area contributed by atoms with Gasteiger partial charge in [0.05, 0.1) is 15.1 Å². The van der Waals surface area contributed by atoms with E-state index in [1.165, 1.54) is 0 Å². The van der Waals surface area contributed by atoms with Crippen LogP contribution in [-0.4, -0.2) is 7.05 Å². The average molecular weight is 317 g/mol. The second kappa shape index (κ2) is 6.49. The molecule has 1 N–H and O–H groups in total. The van der Waals surface area contributed by atoms with Crippen molar-refractivity contribution in [1.29, 1.82) is 0 Å². The van der Waals surface area contributed by atoms with Gasteiger partial charge in [-0.25, -0.2) is 0 Å². The fraction of sp³-hybridized carbons (Fsp3) is 0.143. The van der Waals surface area contributed by atoms with Crippen molar-refractivity contribution in [2.24, 2.45) is 0 Å². The van der Waals surface area contributed by atoms with Crippen LogP contribution in [0, 0.1) is 0 Å². The third-order valence-electron chi connectivity index (χ3n) is 2.53. The molecule has 0 unspecified atom stereocenters. The molecule has 19 heavy (non-hydrogen) atoms. The third-order valence-corrected chi connectivity index (χ3v) is 3.55. The van der Waals surface area contributed by atoms with Gasteiger partial charge in [-0.1, -0.05) is 53.0 Å². The Morgan fingerprint density at radius 1 is 0.947 bits per heavy atom. The molecular formula is C14H12Cl3NO. The van der Waals surface area contributed by atoms with Gasteiger partial charge in [-0.05, 0) is 19.2 Å². The molecule has 2 nitrogen and oxygen atoms in total. The zero-order valence-electron chi connectivity index (χ0n) is 10.2. The van der Waals surface area contributed by atoms with E-state index in [2.05, 4.69) is 5.32 Å². The van der Waals surface area contributed by atoms with Crippen molar-refractivity contribution in [2.75, 3.05) is 7.05 Å². The molecule has 0 saturated heterocycles. The van der Waals surface area contributed by atoms with Crippen LogP contribution in [0.5, 0.6) is 11.5 Å². The van der Waals surface area contributed by atoms with Gasteiger partial charge in [0.2, 0.25) is 0 Å². The van der Waals surface area contributed by atoms with E-state index < -0.39 is 0 Å². The maximum absolute atomic E-state index is 6.10. The van der Waals surface area contributed by atoms with E-state index in [-0.39, 0.29) is 0 Å². The molecule has 0 aliphatic heterocycles. The molecule has 0 aromatic heterocycles. The van der Waals surface area contributed by atoms with Gasteiger partial charge in [0, 0.05) is 18.2 Å². The lowest BCUT2D eigenvalue weighted by atomic mass is 10.2. The van der Waals surface area contributed by atoms with Crippen LogP contribution in [0.15, 0.2) is 36.4 Å². The molecule has 0 saturated carbocycles. The minimum atomic E-state index is 0.405. The summed E-state index contributed by atoms with van der Waals surface area (Å²) in [6.45, 7) is 0.703. The van der Waals surface area contributed by atoms with Crippen molar-refractivity contribution in [3.8, 4) is 11.5 Å². The van der Waals surface area contributed by atoms with E-state index in [1.54, 1.807) is 12.1 Å². The molecular weight excluding hydrogens is 305 g/mol. The number of ether oxygens (including phenoxy) is 1. The van der Waals surface area contributed by atoms with Gasteiger partial charge in [-0.15, -0.1) is 0 Å². The molecule has 0 aliphatic carbocycles. The minimum Gasteiger partial charge on any atom is -0.455 e. The summed E-state index contributed by atoms with van der Waals surface area (Å²) in [5.74, 6) is 1.22. The number of para-hydroxylation sites is 1. The summed E-state index contributed by atoms with van der Waals surface area (Å²) < 4.78 is 5.81. The first-order valence-electron chi connectivity index (χ1n) is 5.66. The van der Waals surface area contributed by atoms with Crippen LogP contribution >= 0.6 is 34.8 Å². The van der Waals surface area contributed by atoms with Gasteiger partial charge in [0.25, 0.3) is 0 Å². The number of nitrogens with one attached hydrogen (secondary N) is 1. The first-order chi connectivity index (χ1) is 9.11. The lowest BCUT2D eigenvalue weighted by Crippen LogP contribution is -2.06. The highest BCUT2D eigenvalue weighted by atomic mass is 35.5. The van der Waals surface area contributed by atoms with Crippen molar-refractivity contribution >= 4 is 34.8 Å². The van der Waals surface area contributed by atoms with Crippen LogP contribution < -0.4 is 10.1 Å². The number of hydrogen-bond acceptors (Lipinski definition) is 2. The van der Waals surface area contributed by atoms with Gasteiger partial charge >= 0.3 is 0 Å². The highest BCUT2D eigenvalue weighted by Gasteiger charge is 2.10. The number of benzene rings is 2. The Balaban J connectivity index is 2.33. The first kappa shape index (κ1) is 14.5. The van der Waals surface area contributed by atoms with Crippen molar-refractivity contribution < 1.29 is 4.74 Å². The van der Waals surface area contributed by atoms with Crippen LogP contribution in [0.3, 0.4) is 0 Å². The lowest BCUT2D eigenvalue weighted by Gasteiger charge is -2.12. The average Bonchev–Trinajstić information content (AvgIpc) is 2.38. The second-order valence-electron chi connectivity index (χ2n) is 3.94. The Hall–Kier alpha value is -0.930. The molecule has 0 heterocycles. The molecule has 100 valence electrons. The lowest BCUT2D eigenvalue weighted by molar-refractivity contribution is 0.474. The monoisotopic (exact) mass is 315 g/mol. The fourth-order valence-corrected chi connectivity index (χ4v) is 2.22. The van der Waals surface area contributed by atoms with Crippen LogP contribution in [0.1, 0.15) is 5.56 Å². The molecule has 0 bridgehead atoms. The largest absolute Gasteiger partial charge is 0.455 e. The Morgan fingerprint density at radius 2 is 1.63 bits per heavy atom. The van der Waals surface area contributed by atoms with Crippen LogP contribution in [0.4, 0.5) is 0 Å². The topological polar surface area (TPSA) is 21.3 Å². The summed E-state index contributed by atoms with van der Waals surface area (Å²) in [7, 11) is 1.88. The number of halogens is 3. The van der Waals surface area contributed by atoms with E-state index in [1.807, 2.05) is 31.3 Å². The Bertz CT molecular complexity index is 587. The predicted molar refractivity (Wildman–Crippen MR) is 80.8 cm³/mol. The van der Waals surface area contributed by atoms with Gasteiger partial charge in [-0.3, -0.25) is 0 Å². The minimum absolute atomic E-state index is 0.405. The van der Waals surface area contributed by atoms with Crippen molar-refractivity contribution in [2.45, 2.75) is 6.54 Å². The van der Waals surface area contributed by atoms with Gasteiger partial charge in [-0.2, -0.15) is 0 Å². The second-order valence-corrected chi connectivity index (χ2v) is 5.16. The van der Waals surface area contributed by atoms with Crippen LogP contribution in [-0.2, 0) is 6.54 Å². The van der Waals surface area contributed by atoms with E-state index >= 15 is 0 Å². The fourth-order valence-electron chi connectivity index (χ4n) is 1.64. The normalized spacial score (nSPS) is 10.5. The van der Waals surface area contributed by atoms with E-state index in [9.17, 15) is 0 Å². The first-order valence-corrected chi connectivity index (χ1v) is 6.80. The summed E-state index contributed by atoms with van der Waals surface area (Å²) in [6.07, 6.45) is 0. The number of rotatable bonds is 4. The highest BCUT2D eigenvalue weighted by molar-refractivity contribution is 6.43. The van der Waals surface area contributed by atoms with E-state index in [4.69, 9.17) is 39.5 Å². The van der Waals surface area contributed by atoms with Crippen molar-refractivity contribution in [3.63, 3.8) is 0 Å². The molecule has 5 heteroatoms. The summed E-state index contributed by atoms with van der Waals surface area (Å²) in [4.78, 5) is 0. The van der Waals surface area contributed by atoms with Crippen molar-refractivity contribution in [1.82, 2.24) is 5.32 Å². The van der Waals surface area contributed by atoms with Crippen LogP contribution in [0.2, 0.25) is 15.1 Å². The SMILES string of the molecule is CNCc1ccccc1Oc1cc(Cl)c(Cl)cc1Cl. The quantitative estimate of drug-likeness (QED) is 0.787. The van der Waals surface area contributed by atoms with Gasteiger partial charge < -0.3 is 10.1 Å². The molecule has 0 amide bonds. The zero-order valence-corrected chi connectivity index (χ0v) is 12.5. The summed E-state index contributed by atoms with van der Waals surface area (Å²) >= 11 is 18.0. The van der Waals surface area contributed by atoms with Gasteiger partial charge in [0.1, 0.15) is 11.5 Å². The molecule has 2 aromatic rings. The molecule has 0 radical (unpaired) electrons. The van der Waals surface area contributed by atoms with Crippen LogP contribution in [0.25, 0.3) is 0 Å². The van der Waals surface area contributed by atoms with Gasteiger partial charge in [0.15, 0.2) is 0 Å². The van der Waals surface area contributed by atoms with E-state index in [0.717, 1.165) is 11.3 Å². The highest BCUT2D eigenvalue weighted by Crippen LogP contribution is 2.37. The Morgan fingerprint density at radius 3 is 2.37 bits per heavy atom. The molecule has 0 aliphatic rings. The summed E-state index contributed by atoms with van der Waals surface area (Å²) in [6, 6.07) is 10.9. The third kappa shape index (κ3) is 3.54.